The first-order valence-electron chi connectivity index (χ1n) is 5.26. The van der Waals surface area contributed by atoms with Crippen LogP contribution in [-0.2, 0) is 39.1 Å². The molecule has 1 aromatic rings. The van der Waals surface area contributed by atoms with Gasteiger partial charge in [0.2, 0.25) is 0 Å². The Kier molecular flexibility index (Phi) is 39.0. The molecule has 0 aliphatic carbocycles. The van der Waals surface area contributed by atoms with Gasteiger partial charge in [-0.3, -0.25) is 0 Å². The Morgan fingerprint density at radius 2 is 1.33 bits per heavy atom. The quantitative estimate of drug-likeness (QED) is 0.673. The van der Waals surface area contributed by atoms with Crippen LogP contribution in [0.15, 0.2) is 30.3 Å². The van der Waals surface area contributed by atoms with E-state index in [0.717, 1.165) is 12.8 Å². The summed E-state index contributed by atoms with van der Waals surface area (Å²) in [5.41, 5.74) is 1.38. The first-order valence-corrected chi connectivity index (χ1v) is 5.26. The molecule has 0 fully saturated rings. The Morgan fingerprint density at radius 3 is 1.67 bits per heavy atom. The van der Waals surface area contributed by atoms with Crippen molar-refractivity contribution >= 4 is 0 Å². The van der Waals surface area contributed by atoms with Crippen LogP contribution in [0.25, 0.3) is 0 Å². The van der Waals surface area contributed by atoms with Gasteiger partial charge in [-0.2, -0.15) is 6.42 Å². The van der Waals surface area contributed by atoms with Gasteiger partial charge in [-0.25, -0.2) is 0 Å². The minimum absolute atomic E-state index is 0. The van der Waals surface area contributed by atoms with Crippen molar-refractivity contribution in [3.63, 3.8) is 0 Å². The van der Waals surface area contributed by atoms with Crippen molar-refractivity contribution in [1.29, 1.82) is 0 Å². The van der Waals surface area contributed by atoms with E-state index in [1.165, 1.54) is 5.56 Å². The third-order valence-electron chi connectivity index (χ3n) is 1.31. The van der Waals surface area contributed by atoms with Gasteiger partial charge in [0.15, 0.2) is 0 Å². The monoisotopic (exact) mass is 283 g/mol. The van der Waals surface area contributed by atoms with Crippen molar-refractivity contribution in [2.75, 3.05) is 0 Å². The Bertz CT molecular complexity index is 158. The van der Waals surface area contributed by atoms with Gasteiger partial charge in [0.05, 0.1) is 0 Å². The van der Waals surface area contributed by atoms with E-state index in [1.54, 1.807) is 0 Å². The molecule has 1 aromatic carbocycles. The predicted octanol–water partition coefficient (Wildman–Crippen LogP) is 4.95. The summed E-state index contributed by atoms with van der Waals surface area (Å²) in [5, 5.41) is 0. The van der Waals surface area contributed by atoms with Crippen LogP contribution in [-0.4, -0.2) is 0 Å². The third-order valence-corrected chi connectivity index (χ3v) is 1.31. The second-order valence-electron chi connectivity index (χ2n) is 2.09. The molecule has 0 N–H and O–H groups in total. The minimum atomic E-state index is 0. The van der Waals surface area contributed by atoms with Crippen molar-refractivity contribution in [3.8, 4) is 0 Å². The van der Waals surface area contributed by atoms with Gasteiger partial charge in [0, 0.05) is 32.7 Å². The molecule has 0 unspecified atom stereocenters. The molecule has 0 saturated carbocycles. The summed E-state index contributed by atoms with van der Waals surface area (Å²) in [6.45, 7) is 11.8. The maximum absolute atomic E-state index is 3.78. The molecule has 15 heavy (non-hydrogen) atoms. The first kappa shape index (κ1) is 24.5. The van der Waals surface area contributed by atoms with Crippen LogP contribution in [0.3, 0.4) is 0 Å². The molecule has 1 radical (unpaired) electrons. The smallest absolute Gasteiger partial charge is 0 e. The summed E-state index contributed by atoms with van der Waals surface area (Å²) in [5.74, 6) is 0. The van der Waals surface area contributed by atoms with Crippen molar-refractivity contribution < 1.29 is 32.7 Å². The van der Waals surface area contributed by atoms with Crippen molar-refractivity contribution in [1.82, 2.24) is 0 Å². The summed E-state index contributed by atoms with van der Waals surface area (Å²) < 4.78 is 0. The van der Waals surface area contributed by atoms with E-state index < -0.39 is 0 Å². The molecule has 0 aliphatic heterocycles. The Hall–Kier alpha value is 0.324. The van der Waals surface area contributed by atoms with E-state index >= 15 is 0 Å². The van der Waals surface area contributed by atoms with Crippen LogP contribution in [0.4, 0.5) is 0 Å². The summed E-state index contributed by atoms with van der Waals surface area (Å²) in [6, 6.07) is 10.4. The van der Waals surface area contributed by atoms with E-state index in [-0.39, 0.29) is 40.1 Å². The normalized spacial score (nSPS) is 6.47. The Morgan fingerprint density at radius 1 is 0.933 bits per heavy atom. The minimum Gasteiger partial charge on any atom is -0.358 e. The van der Waals surface area contributed by atoms with Gasteiger partial charge in [0.1, 0.15) is 0 Å². The molecule has 0 nitrogen and oxygen atoms in total. The number of aryl methyl sites for hydroxylation is 1. The fourth-order valence-corrected chi connectivity index (χ4v) is 0.849. The first-order chi connectivity index (χ1) is 6.43. The number of benzene rings is 1. The molecule has 0 aromatic heterocycles. The molecule has 0 amide bonds. The molecular weight excluding hydrogens is 257 g/mol. The Balaban J connectivity index is -0.0000000910. The maximum atomic E-state index is 3.78. The largest absolute Gasteiger partial charge is 0.358 e. The van der Waals surface area contributed by atoms with E-state index in [4.69, 9.17) is 0 Å². The van der Waals surface area contributed by atoms with E-state index in [2.05, 4.69) is 31.2 Å². The standard InChI is InChI=1S/C9H11.2C2H6.CH3.Y/c1-2-6-9-7-4-3-5-8-9;2*1-2;;/h3-5,7-8H,1-2,6H2;2*1-2H3;1H3;/q-1;;;-1;. The molecule has 87 valence electrons. The van der Waals surface area contributed by atoms with E-state index in [1.807, 2.05) is 33.8 Å². The second-order valence-corrected chi connectivity index (χ2v) is 2.09. The van der Waals surface area contributed by atoms with Gasteiger partial charge in [-0.15, -0.1) is 0 Å². The molecule has 0 atom stereocenters. The molecule has 1 heteroatoms. The predicted molar refractivity (Wildman–Crippen MR) is 69.2 cm³/mol. The van der Waals surface area contributed by atoms with Gasteiger partial charge in [-0.1, -0.05) is 70.0 Å². The van der Waals surface area contributed by atoms with Crippen molar-refractivity contribution in [2.24, 2.45) is 0 Å². The SMILES string of the molecule is CC.CC.[CH2-]CCc1ccccc1.[CH3-].[Y]. The average molecular weight is 283 g/mol. The van der Waals surface area contributed by atoms with E-state index in [0.29, 0.717) is 0 Å². The molecule has 0 bridgehead atoms. The van der Waals surface area contributed by atoms with Crippen LogP contribution in [0, 0.1) is 14.4 Å². The van der Waals surface area contributed by atoms with Gasteiger partial charge in [-0.05, 0) is 0 Å². The summed E-state index contributed by atoms with van der Waals surface area (Å²) in [6.07, 6.45) is 2.09. The molecule has 0 saturated heterocycles. The van der Waals surface area contributed by atoms with Crippen molar-refractivity contribution in [2.45, 2.75) is 40.5 Å². The summed E-state index contributed by atoms with van der Waals surface area (Å²) in [4.78, 5) is 0. The van der Waals surface area contributed by atoms with Crippen LogP contribution in [0.1, 0.15) is 39.7 Å². The zero-order valence-electron chi connectivity index (χ0n) is 11.1. The molecule has 0 aliphatic rings. The second kappa shape index (κ2) is 23.9. The number of hydrogen-bond donors (Lipinski definition) is 0. The van der Waals surface area contributed by atoms with Crippen LogP contribution in [0.5, 0.6) is 0 Å². The fraction of sp³-hybridized carbons (Fsp3) is 0.429. The maximum Gasteiger partial charge on any atom is 0 e. The van der Waals surface area contributed by atoms with Crippen molar-refractivity contribution in [3.05, 3.63) is 50.2 Å². The van der Waals surface area contributed by atoms with Crippen LogP contribution in [0.2, 0.25) is 0 Å². The van der Waals surface area contributed by atoms with Gasteiger partial charge >= 0.3 is 0 Å². The van der Waals surface area contributed by atoms with E-state index in [9.17, 15) is 0 Å². The summed E-state index contributed by atoms with van der Waals surface area (Å²) >= 11 is 0. The Labute approximate surface area is 123 Å². The molecular formula is C14H26Y-2. The molecule has 1 rings (SSSR count). The van der Waals surface area contributed by atoms with Gasteiger partial charge in [0.25, 0.3) is 0 Å². The average Bonchev–Trinajstić information content (AvgIpc) is 2.26. The third kappa shape index (κ3) is 17.0. The topological polar surface area (TPSA) is 0 Å². The van der Waals surface area contributed by atoms with Crippen LogP contribution >= 0.6 is 0 Å². The molecule has 0 heterocycles. The molecule has 0 spiro atoms. The zero-order chi connectivity index (χ0) is 10.5. The number of rotatable bonds is 2. The van der Waals surface area contributed by atoms with Gasteiger partial charge < -0.3 is 14.4 Å². The fourth-order valence-electron chi connectivity index (χ4n) is 0.849. The van der Waals surface area contributed by atoms with Crippen LogP contribution < -0.4 is 0 Å². The number of hydrogen-bond acceptors (Lipinski definition) is 0. The zero-order valence-corrected chi connectivity index (χ0v) is 13.9. The summed E-state index contributed by atoms with van der Waals surface area (Å²) in [7, 11) is 0.